The average molecular weight is 407 g/mol. The molecule has 0 aromatic heterocycles. The van der Waals surface area contributed by atoms with Gasteiger partial charge in [-0.25, -0.2) is 4.79 Å². The van der Waals surface area contributed by atoms with Crippen molar-refractivity contribution in [3.05, 3.63) is 60.2 Å². The molecule has 0 aliphatic heterocycles. The van der Waals surface area contributed by atoms with E-state index < -0.39 is 37.1 Å². The van der Waals surface area contributed by atoms with E-state index in [9.17, 15) is 23.2 Å². The molecule has 0 fully saturated rings. The smallest absolute Gasteiger partial charge is 0.387 e. The Morgan fingerprint density at radius 3 is 2.14 bits per heavy atom. The maximum Gasteiger partial charge on any atom is 0.387 e. The minimum atomic E-state index is -2.98. The van der Waals surface area contributed by atoms with E-state index in [1.165, 1.54) is 24.3 Å². The molecular formula is C20H19F2NO6. The van der Waals surface area contributed by atoms with Crippen LogP contribution in [0, 0.1) is 0 Å². The predicted octanol–water partition coefficient (Wildman–Crippen LogP) is 2.95. The number of amides is 2. The molecule has 0 radical (unpaired) electrons. The summed E-state index contributed by atoms with van der Waals surface area (Å²) >= 11 is 0. The van der Waals surface area contributed by atoms with Gasteiger partial charge in [-0.05, 0) is 42.8 Å². The number of rotatable bonds is 9. The molecule has 0 bridgehead atoms. The largest absolute Gasteiger partial charge is 0.479 e. The van der Waals surface area contributed by atoms with Crippen LogP contribution in [-0.2, 0) is 14.3 Å². The SMILES string of the molecule is CC[C@H](Oc1ccccc1)C(=O)OCC(=O)NC(=O)c1ccc(OC(F)F)cc1. The van der Waals surface area contributed by atoms with Crippen molar-refractivity contribution < 1.29 is 37.4 Å². The summed E-state index contributed by atoms with van der Waals surface area (Å²) in [6.45, 7) is -1.94. The van der Waals surface area contributed by atoms with Crippen LogP contribution in [0.4, 0.5) is 8.78 Å². The number of carbonyl (C=O) groups excluding carboxylic acids is 3. The molecule has 2 rings (SSSR count). The highest BCUT2D eigenvalue weighted by Crippen LogP contribution is 2.15. The number of alkyl halides is 2. The summed E-state index contributed by atoms with van der Waals surface area (Å²) in [6.07, 6.45) is -0.579. The van der Waals surface area contributed by atoms with Gasteiger partial charge < -0.3 is 14.2 Å². The van der Waals surface area contributed by atoms with Gasteiger partial charge in [0.05, 0.1) is 0 Å². The first kappa shape index (κ1) is 21.8. The third-order valence-electron chi connectivity index (χ3n) is 3.60. The Morgan fingerprint density at radius 1 is 0.931 bits per heavy atom. The first-order valence-corrected chi connectivity index (χ1v) is 8.66. The Bertz CT molecular complexity index is 827. The zero-order valence-electron chi connectivity index (χ0n) is 15.5. The van der Waals surface area contributed by atoms with Gasteiger partial charge in [-0.15, -0.1) is 0 Å². The van der Waals surface area contributed by atoms with Gasteiger partial charge in [0.1, 0.15) is 11.5 Å². The van der Waals surface area contributed by atoms with Crippen LogP contribution in [0.15, 0.2) is 54.6 Å². The molecule has 154 valence electrons. The Morgan fingerprint density at radius 2 is 1.55 bits per heavy atom. The first-order valence-electron chi connectivity index (χ1n) is 8.66. The number of halogens is 2. The molecule has 2 aromatic rings. The number of nitrogens with one attached hydrogen (secondary N) is 1. The Hall–Kier alpha value is -3.49. The third kappa shape index (κ3) is 7.21. The molecule has 1 atom stereocenters. The van der Waals surface area contributed by atoms with Crippen LogP contribution in [0.25, 0.3) is 0 Å². The number of imide groups is 1. The van der Waals surface area contributed by atoms with Gasteiger partial charge in [0, 0.05) is 5.56 Å². The molecule has 1 N–H and O–H groups in total. The second-order valence-electron chi connectivity index (χ2n) is 5.72. The molecule has 0 aliphatic carbocycles. The fourth-order valence-electron chi connectivity index (χ4n) is 2.21. The molecule has 0 unspecified atom stereocenters. The lowest BCUT2D eigenvalue weighted by atomic mass is 10.2. The van der Waals surface area contributed by atoms with Crippen molar-refractivity contribution in [2.24, 2.45) is 0 Å². The van der Waals surface area contributed by atoms with Crippen molar-refractivity contribution in [3.8, 4) is 11.5 Å². The molecule has 7 nitrogen and oxygen atoms in total. The van der Waals surface area contributed by atoms with Gasteiger partial charge in [-0.3, -0.25) is 14.9 Å². The van der Waals surface area contributed by atoms with Crippen molar-refractivity contribution >= 4 is 17.8 Å². The van der Waals surface area contributed by atoms with Crippen molar-refractivity contribution in [2.75, 3.05) is 6.61 Å². The van der Waals surface area contributed by atoms with Gasteiger partial charge in [-0.2, -0.15) is 8.78 Å². The average Bonchev–Trinajstić information content (AvgIpc) is 2.71. The van der Waals surface area contributed by atoms with Crippen LogP contribution in [0.3, 0.4) is 0 Å². The number of esters is 1. The lowest BCUT2D eigenvalue weighted by Gasteiger charge is -2.16. The normalized spacial score (nSPS) is 11.4. The van der Waals surface area contributed by atoms with E-state index in [1.54, 1.807) is 37.3 Å². The van der Waals surface area contributed by atoms with E-state index in [-0.39, 0.29) is 11.3 Å². The molecule has 0 saturated carbocycles. The molecule has 0 aliphatic rings. The van der Waals surface area contributed by atoms with Gasteiger partial charge in [0.25, 0.3) is 11.8 Å². The fourth-order valence-corrected chi connectivity index (χ4v) is 2.21. The fraction of sp³-hybridized carbons (Fsp3) is 0.250. The van der Waals surface area contributed by atoms with Gasteiger partial charge in [0.15, 0.2) is 12.7 Å². The zero-order chi connectivity index (χ0) is 21.2. The minimum Gasteiger partial charge on any atom is -0.479 e. The molecule has 0 heterocycles. The van der Waals surface area contributed by atoms with Crippen LogP contribution in [0.2, 0.25) is 0 Å². The predicted molar refractivity (Wildman–Crippen MR) is 97.7 cm³/mol. The van der Waals surface area contributed by atoms with E-state index >= 15 is 0 Å². The van der Waals surface area contributed by atoms with E-state index in [0.29, 0.717) is 12.2 Å². The lowest BCUT2D eigenvalue weighted by molar-refractivity contribution is -0.155. The summed E-state index contributed by atoms with van der Waals surface area (Å²) in [6, 6.07) is 13.4. The molecule has 0 saturated heterocycles. The number of ether oxygens (including phenoxy) is 3. The van der Waals surface area contributed by atoms with Crippen LogP contribution < -0.4 is 14.8 Å². The second-order valence-corrected chi connectivity index (χ2v) is 5.72. The summed E-state index contributed by atoms with van der Waals surface area (Å²) in [5.41, 5.74) is 0.0464. The molecule has 9 heteroatoms. The molecule has 2 aromatic carbocycles. The van der Waals surface area contributed by atoms with Crippen molar-refractivity contribution in [1.82, 2.24) is 5.32 Å². The molecular weight excluding hydrogens is 388 g/mol. The number of hydrogen-bond acceptors (Lipinski definition) is 6. The first-order chi connectivity index (χ1) is 13.9. The van der Waals surface area contributed by atoms with Crippen LogP contribution in [0.1, 0.15) is 23.7 Å². The van der Waals surface area contributed by atoms with E-state index in [2.05, 4.69) is 4.74 Å². The second kappa shape index (κ2) is 10.7. The minimum absolute atomic E-state index is 0.0464. The van der Waals surface area contributed by atoms with Crippen LogP contribution >= 0.6 is 0 Å². The quantitative estimate of drug-likeness (QED) is 0.643. The molecule has 0 spiro atoms. The lowest BCUT2D eigenvalue weighted by Crippen LogP contribution is -2.36. The number of benzene rings is 2. The van der Waals surface area contributed by atoms with Gasteiger partial charge in [0.2, 0.25) is 0 Å². The van der Waals surface area contributed by atoms with Crippen LogP contribution in [0.5, 0.6) is 11.5 Å². The van der Waals surface area contributed by atoms with Gasteiger partial charge in [-0.1, -0.05) is 25.1 Å². The highest BCUT2D eigenvalue weighted by Gasteiger charge is 2.21. The Labute approximate surface area is 165 Å². The van der Waals surface area contributed by atoms with Crippen molar-refractivity contribution in [1.29, 1.82) is 0 Å². The molecule has 29 heavy (non-hydrogen) atoms. The molecule has 2 amide bonds. The summed E-state index contributed by atoms with van der Waals surface area (Å²) in [7, 11) is 0. The van der Waals surface area contributed by atoms with Crippen LogP contribution in [-0.4, -0.2) is 37.1 Å². The zero-order valence-corrected chi connectivity index (χ0v) is 15.5. The van der Waals surface area contributed by atoms with Crippen molar-refractivity contribution in [3.63, 3.8) is 0 Å². The highest BCUT2D eigenvalue weighted by atomic mass is 19.3. The third-order valence-corrected chi connectivity index (χ3v) is 3.60. The maximum absolute atomic E-state index is 12.1. The summed E-state index contributed by atoms with van der Waals surface area (Å²) in [5, 5.41) is 2.03. The maximum atomic E-state index is 12.1. The standard InChI is InChI=1S/C20H19F2NO6/c1-2-16(28-14-6-4-3-5-7-14)19(26)27-12-17(24)23-18(25)13-8-10-15(11-9-13)29-20(21)22/h3-11,16,20H,2,12H2,1H3,(H,23,24,25)/t16-/m0/s1. The van der Waals surface area contributed by atoms with E-state index in [4.69, 9.17) is 9.47 Å². The number of carbonyl (C=O) groups is 3. The Balaban J connectivity index is 1.81. The highest BCUT2D eigenvalue weighted by molar-refractivity contribution is 6.05. The number of para-hydroxylation sites is 1. The number of hydrogen-bond donors (Lipinski definition) is 1. The Kier molecular flexibility index (Phi) is 8.08. The van der Waals surface area contributed by atoms with E-state index in [1.807, 2.05) is 5.32 Å². The van der Waals surface area contributed by atoms with Crippen molar-refractivity contribution in [2.45, 2.75) is 26.1 Å². The van der Waals surface area contributed by atoms with E-state index in [0.717, 1.165) is 0 Å². The van der Waals surface area contributed by atoms with Gasteiger partial charge >= 0.3 is 12.6 Å². The summed E-state index contributed by atoms with van der Waals surface area (Å²) in [5.74, 6) is -2.00. The topological polar surface area (TPSA) is 90.9 Å². The summed E-state index contributed by atoms with van der Waals surface area (Å²) < 4.78 is 38.8. The monoisotopic (exact) mass is 407 g/mol. The summed E-state index contributed by atoms with van der Waals surface area (Å²) in [4.78, 5) is 35.9.